The Morgan fingerprint density at radius 3 is 2.20 bits per heavy atom. The number of hydrogen-bond donors (Lipinski definition) is 0. The van der Waals surface area contributed by atoms with Gasteiger partial charge in [0.05, 0.1) is 5.75 Å². The first-order valence-electron chi connectivity index (χ1n) is 15.5. The van der Waals surface area contributed by atoms with Gasteiger partial charge in [0.2, 0.25) is 15.2 Å². The summed E-state index contributed by atoms with van der Waals surface area (Å²) in [7, 11) is -3.37. The standard InChI is InChI=1S/C33H56N4O2S2/c1-24-11-14-28(15-12-24)19-30-34-31(40-35-30)37-18-17-36(22-27(37)4)41(38,39)23-29(26(3)21-33(8,9)10)16-13-25(2)20-32(5,6)7/h11-12,14-15,25-27,29H,13,16-23H2,1-10H3. The number of nitrogens with zero attached hydrogens (tertiary/aromatic N) is 4. The summed E-state index contributed by atoms with van der Waals surface area (Å²) in [6.45, 7) is 24.1. The minimum absolute atomic E-state index is 0.0518. The van der Waals surface area contributed by atoms with Crippen molar-refractivity contribution < 1.29 is 8.42 Å². The van der Waals surface area contributed by atoms with Crippen LogP contribution in [0.5, 0.6) is 0 Å². The smallest absolute Gasteiger partial charge is 0.214 e. The van der Waals surface area contributed by atoms with E-state index in [9.17, 15) is 8.42 Å². The first-order chi connectivity index (χ1) is 18.9. The van der Waals surface area contributed by atoms with Gasteiger partial charge in [-0.2, -0.15) is 8.68 Å². The fourth-order valence-electron chi connectivity index (χ4n) is 6.47. The fraction of sp³-hybridized carbons (Fsp3) is 0.758. The van der Waals surface area contributed by atoms with E-state index < -0.39 is 10.0 Å². The maximum atomic E-state index is 13.8. The molecule has 0 saturated carbocycles. The zero-order valence-electron chi connectivity index (χ0n) is 27.4. The molecular weight excluding hydrogens is 549 g/mol. The molecule has 0 bridgehead atoms. The zero-order chi connectivity index (χ0) is 30.6. The van der Waals surface area contributed by atoms with Gasteiger partial charge in [-0.15, -0.1) is 0 Å². The molecule has 1 saturated heterocycles. The van der Waals surface area contributed by atoms with Crippen molar-refractivity contribution in [3.8, 4) is 0 Å². The molecule has 1 aromatic heterocycles. The van der Waals surface area contributed by atoms with Crippen LogP contribution in [0.15, 0.2) is 24.3 Å². The fourth-order valence-corrected chi connectivity index (χ4v) is 9.33. The van der Waals surface area contributed by atoms with Crippen molar-refractivity contribution in [3.05, 3.63) is 41.2 Å². The summed E-state index contributed by atoms with van der Waals surface area (Å²) >= 11 is 1.42. The van der Waals surface area contributed by atoms with Gasteiger partial charge in [0.15, 0.2) is 0 Å². The van der Waals surface area contributed by atoms with E-state index in [2.05, 4.69) is 103 Å². The van der Waals surface area contributed by atoms with Gasteiger partial charge < -0.3 is 4.90 Å². The SMILES string of the molecule is Cc1ccc(Cc2nsc(N3CCN(S(=O)(=O)CC(CCC(C)CC(C)(C)C)C(C)CC(C)(C)C)CC3C)n2)cc1. The summed E-state index contributed by atoms with van der Waals surface area (Å²) in [5.41, 5.74) is 2.92. The van der Waals surface area contributed by atoms with Crippen molar-refractivity contribution in [1.29, 1.82) is 0 Å². The van der Waals surface area contributed by atoms with Crippen LogP contribution in [0.2, 0.25) is 0 Å². The van der Waals surface area contributed by atoms with E-state index in [1.165, 1.54) is 22.7 Å². The number of benzene rings is 1. The average molecular weight is 605 g/mol. The summed E-state index contributed by atoms with van der Waals surface area (Å²) < 4.78 is 34.0. The molecule has 8 heteroatoms. The van der Waals surface area contributed by atoms with E-state index in [0.29, 0.717) is 43.3 Å². The Balaban J connectivity index is 1.64. The maximum absolute atomic E-state index is 13.8. The molecule has 4 atom stereocenters. The Hall–Kier alpha value is -1.51. The van der Waals surface area contributed by atoms with Gasteiger partial charge in [-0.3, -0.25) is 0 Å². The van der Waals surface area contributed by atoms with Crippen LogP contribution in [-0.4, -0.2) is 53.5 Å². The van der Waals surface area contributed by atoms with Crippen LogP contribution in [0.4, 0.5) is 5.13 Å². The third-order valence-corrected chi connectivity index (χ3v) is 11.1. The van der Waals surface area contributed by atoms with Crippen LogP contribution in [0.1, 0.15) is 105 Å². The van der Waals surface area contributed by atoms with Gasteiger partial charge in [0.25, 0.3) is 0 Å². The molecule has 41 heavy (non-hydrogen) atoms. The van der Waals surface area contributed by atoms with Crippen LogP contribution in [0.3, 0.4) is 0 Å². The highest BCUT2D eigenvalue weighted by Crippen LogP contribution is 2.35. The molecule has 2 heterocycles. The lowest BCUT2D eigenvalue weighted by Crippen LogP contribution is -2.54. The molecule has 4 unspecified atom stereocenters. The summed E-state index contributed by atoms with van der Waals surface area (Å²) in [5, 5.41) is 0.890. The van der Waals surface area contributed by atoms with E-state index in [0.717, 1.165) is 36.6 Å². The average Bonchev–Trinajstić information content (AvgIpc) is 3.29. The predicted molar refractivity (Wildman–Crippen MR) is 175 cm³/mol. The Kier molecular flexibility index (Phi) is 11.5. The van der Waals surface area contributed by atoms with Crippen molar-refractivity contribution >= 4 is 26.7 Å². The van der Waals surface area contributed by atoms with Crippen molar-refractivity contribution in [2.45, 2.75) is 107 Å². The van der Waals surface area contributed by atoms with E-state index in [1.54, 1.807) is 4.31 Å². The maximum Gasteiger partial charge on any atom is 0.214 e. The lowest BCUT2D eigenvalue weighted by atomic mass is 9.77. The van der Waals surface area contributed by atoms with Gasteiger partial charge in [-0.25, -0.2) is 13.4 Å². The van der Waals surface area contributed by atoms with Gasteiger partial charge in [-0.1, -0.05) is 91.6 Å². The first-order valence-corrected chi connectivity index (χ1v) is 17.9. The number of sulfonamides is 1. The minimum Gasteiger partial charge on any atom is -0.342 e. The highest BCUT2D eigenvalue weighted by Gasteiger charge is 2.36. The second-order valence-corrected chi connectivity index (χ2v) is 18.0. The molecule has 0 N–H and O–H groups in total. The Bertz CT molecular complexity index is 1200. The molecule has 2 aromatic rings. The molecule has 6 nitrogen and oxygen atoms in total. The van der Waals surface area contributed by atoms with Crippen LogP contribution >= 0.6 is 11.5 Å². The Morgan fingerprint density at radius 1 is 0.976 bits per heavy atom. The van der Waals surface area contributed by atoms with Gasteiger partial charge in [0.1, 0.15) is 5.82 Å². The van der Waals surface area contributed by atoms with Crippen molar-refractivity contribution in [2.75, 3.05) is 30.3 Å². The number of rotatable bonds is 12. The molecule has 1 fully saturated rings. The number of hydrogen-bond acceptors (Lipinski definition) is 6. The molecule has 1 aliphatic rings. The largest absolute Gasteiger partial charge is 0.342 e. The highest BCUT2D eigenvalue weighted by atomic mass is 32.2. The summed E-state index contributed by atoms with van der Waals surface area (Å²) in [4.78, 5) is 7.06. The van der Waals surface area contributed by atoms with Gasteiger partial charge in [0, 0.05) is 43.6 Å². The van der Waals surface area contributed by atoms with Crippen molar-refractivity contribution in [1.82, 2.24) is 13.7 Å². The monoisotopic (exact) mass is 604 g/mol. The predicted octanol–water partition coefficient (Wildman–Crippen LogP) is 7.82. The molecular formula is C33H56N4O2S2. The second kappa shape index (κ2) is 13.9. The molecule has 0 radical (unpaired) electrons. The normalized spacial score (nSPS) is 19.8. The number of aromatic nitrogens is 2. The molecule has 0 amide bonds. The van der Waals surface area contributed by atoms with Gasteiger partial charge >= 0.3 is 0 Å². The summed E-state index contributed by atoms with van der Waals surface area (Å²) in [5.74, 6) is 2.20. The summed E-state index contributed by atoms with van der Waals surface area (Å²) in [6, 6.07) is 8.54. The Morgan fingerprint density at radius 2 is 1.61 bits per heavy atom. The second-order valence-electron chi connectivity index (χ2n) is 15.3. The lowest BCUT2D eigenvalue weighted by molar-refractivity contribution is 0.220. The van der Waals surface area contributed by atoms with E-state index in [-0.39, 0.29) is 23.1 Å². The van der Waals surface area contributed by atoms with Crippen LogP contribution < -0.4 is 4.90 Å². The van der Waals surface area contributed by atoms with Crippen LogP contribution in [-0.2, 0) is 16.4 Å². The topological polar surface area (TPSA) is 66.4 Å². The van der Waals surface area contributed by atoms with Crippen molar-refractivity contribution in [3.63, 3.8) is 0 Å². The number of piperazine rings is 1. The first kappa shape index (κ1) is 34.0. The third-order valence-electron chi connectivity index (χ3n) is 8.32. The van der Waals surface area contributed by atoms with Gasteiger partial charge in [-0.05, 0) is 67.3 Å². The Labute approximate surface area is 255 Å². The molecule has 0 spiro atoms. The van der Waals surface area contributed by atoms with Crippen molar-refractivity contribution in [2.24, 2.45) is 28.6 Å². The molecule has 1 aliphatic heterocycles. The molecule has 1 aromatic carbocycles. The minimum atomic E-state index is -3.37. The highest BCUT2D eigenvalue weighted by molar-refractivity contribution is 7.89. The molecule has 0 aliphatic carbocycles. The quantitative estimate of drug-likeness (QED) is 0.247. The number of anilines is 1. The van der Waals surface area contributed by atoms with Crippen LogP contribution in [0.25, 0.3) is 0 Å². The number of aryl methyl sites for hydroxylation is 1. The third kappa shape index (κ3) is 10.9. The lowest BCUT2D eigenvalue weighted by Gasteiger charge is -2.40. The summed E-state index contributed by atoms with van der Waals surface area (Å²) in [6.07, 6.45) is 4.96. The van der Waals surface area contributed by atoms with Crippen LogP contribution in [0, 0.1) is 35.5 Å². The molecule has 232 valence electrons. The van der Waals surface area contributed by atoms with E-state index >= 15 is 0 Å². The zero-order valence-corrected chi connectivity index (χ0v) is 29.0. The molecule has 3 rings (SSSR count). The van der Waals surface area contributed by atoms with E-state index in [1.807, 2.05) is 0 Å². The van der Waals surface area contributed by atoms with E-state index in [4.69, 9.17) is 4.98 Å².